The van der Waals surface area contributed by atoms with Crippen molar-refractivity contribution in [3.63, 3.8) is 0 Å². The zero-order valence-electron chi connectivity index (χ0n) is 18.3. The molecule has 4 aromatic rings. The maximum atomic E-state index is 12.3. The molecule has 2 heterocycles. The van der Waals surface area contributed by atoms with Crippen molar-refractivity contribution >= 4 is 17.1 Å². The molecule has 0 radical (unpaired) electrons. The summed E-state index contributed by atoms with van der Waals surface area (Å²) in [5.74, 6) is 0.0795. The molecule has 5 rings (SSSR count). The van der Waals surface area contributed by atoms with Crippen LogP contribution in [-0.4, -0.2) is 31.7 Å². The van der Waals surface area contributed by atoms with E-state index < -0.39 is 0 Å². The lowest BCUT2D eigenvalue weighted by Gasteiger charge is -2.36. The van der Waals surface area contributed by atoms with E-state index in [9.17, 15) is 4.79 Å². The Balaban J connectivity index is 1.37. The number of H-pyrrole nitrogens is 1. The predicted octanol–water partition coefficient (Wildman–Crippen LogP) is 3.60. The number of nitrogen functional groups attached to an aromatic ring is 1. The minimum absolute atomic E-state index is 0.0241. The van der Waals surface area contributed by atoms with Gasteiger partial charge in [0.05, 0.1) is 37.8 Å². The van der Waals surface area contributed by atoms with Crippen molar-refractivity contribution in [2.45, 2.75) is 50.7 Å². The molecule has 170 valence electrons. The maximum absolute atomic E-state index is 12.3. The van der Waals surface area contributed by atoms with Gasteiger partial charge < -0.3 is 19.8 Å². The number of benzene rings is 2. The van der Waals surface area contributed by atoms with Gasteiger partial charge in [0.15, 0.2) is 11.2 Å². The zero-order valence-corrected chi connectivity index (χ0v) is 18.3. The lowest BCUT2D eigenvalue weighted by Crippen LogP contribution is -2.37. The molecule has 1 aliphatic rings. The molecule has 0 aliphatic heterocycles. The minimum Gasteiger partial charge on any atom is -0.373 e. The number of nitrogens with one attached hydrogen (secondary N) is 1. The quantitative estimate of drug-likeness (QED) is 0.450. The van der Waals surface area contributed by atoms with Gasteiger partial charge in [0.1, 0.15) is 0 Å². The van der Waals surface area contributed by atoms with E-state index in [0.29, 0.717) is 18.9 Å². The summed E-state index contributed by atoms with van der Waals surface area (Å²) in [4.78, 5) is 23.4. The number of hydrogen-bond acceptors (Lipinski definition) is 6. The Hall–Kier alpha value is -3.49. The van der Waals surface area contributed by atoms with Gasteiger partial charge in [-0.2, -0.15) is 4.98 Å². The number of imidazole rings is 1. The summed E-state index contributed by atoms with van der Waals surface area (Å²) in [7, 11) is 0. The molecule has 8 nitrogen and oxygen atoms in total. The van der Waals surface area contributed by atoms with Gasteiger partial charge in [0.2, 0.25) is 5.95 Å². The largest absolute Gasteiger partial charge is 0.373 e. The molecule has 1 saturated carbocycles. The van der Waals surface area contributed by atoms with Gasteiger partial charge >= 0.3 is 0 Å². The molecule has 0 bridgehead atoms. The standard InChI is InChI=1S/C25H27N5O3/c26-25-28-23-22(24(31)29-25)27-16-30(23)20-12-11-19(32-14-17-7-3-1-4-8-17)13-21(20)33-15-18-9-5-2-6-10-18/h1-10,16,19-21H,11-15H2,(H3,26,28,29,31). The second-order valence-electron chi connectivity index (χ2n) is 8.41. The molecule has 2 aromatic heterocycles. The molecule has 3 atom stereocenters. The highest BCUT2D eigenvalue weighted by atomic mass is 16.5. The molecule has 8 heteroatoms. The average molecular weight is 446 g/mol. The zero-order chi connectivity index (χ0) is 22.6. The van der Waals surface area contributed by atoms with Crippen LogP contribution >= 0.6 is 0 Å². The predicted molar refractivity (Wildman–Crippen MR) is 125 cm³/mol. The van der Waals surface area contributed by atoms with Gasteiger partial charge in [-0.25, -0.2) is 4.98 Å². The Morgan fingerprint density at radius 2 is 1.64 bits per heavy atom. The second kappa shape index (κ2) is 9.56. The normalized spacial score (nSPS) is 20.8. The fraction of sp³-hybridized carbons (Fsp3) is 0.320. The van der Waals surface area contributed by atoms with Crippen LogP contribution in [0.4, 0.5) is 5.95 Å². The molecular formula is C25H27N5O3. The number of nitrogens with two attached hydrogens (primary N) is 1. The number of fused-ring (bicyclic) bond motifs is 1. The van der Waals surface area contributed by atoms with E-state index >= 15 is 0 Å². The minimum atomic E-state index is -0.335. The Morgan fingerprint density at radius 3 is 2.33 bits per heavy atom. The van der Waals surface area contributed by atoms with E-state index in [4.69, 9.17) is 15.2 Å². The molecule has 0 spiro atoms. The number of hydrogen-bond donors (Lipinski definition) is 2. The number of nitrogens with zero attached hydrogens (tertiary/aromatic N) is 3. The summed E-state index contributed by atoms with van der Waals surface area (Å²) >= 11 is 0. The summed E-state index contributed by atoms with van der Waals surface area (Å²) in [6.45, 7) is 1.07. The number of rotatable bonds is 7. The Kier molecular flexibility index (Phi) is 6.19. The van der Waals surface area contributed by atoms with Crippen LogP contribution < -0.4 is 11.3 Å². The highest BCUT2D eigenvalue weighted by Crippen LogP contribution is 2.35. The lowest BCUT2D eigenvalue weighted by atomic mass is 9.89. The second-order valence-corrected chi connectivity index (χ2v) is 8.41. The summed E-state index contributed by atoms with van der Waals surface area (Å²) in [5, 5.41) is 0. The number of anilines is 1. The fourth-order valence-corrected chi connectivity index (χ4v) is 4.48. The molecule has 0 amide bonds. The van der Waals surface area contributed by atoms with E-state index in [1.54, 1.807) is 6.33 Å². The molecule has 0 saturated heterocycles. The van der Waals surface area contributed by atoms with Crippen LogP contribution in [-0.2, 0) is 22.7 Å². The third-order valence-electron chi connectivity index (χ3n) is 6.15. The first-order valence-electron chi connectivity index (χ1n) is 11.2. The lowest BCUT2D eigenvalue weighted by molar-refractivity contribution is -0.0772. The monoisotopic (exact) mass is 445 g/mol. The van der Waals surface area contributed by atoms with E-state index in [2.05, 4.69) is 39.2 Å². The highest BCUT2D eigenvalue weighted by molar-refractivity contribution is 5.70. The molecule has 1 aliphatic carbocycles. The SMILES string of the molecule is Nc1nc2c(ncn2C2CCC(OCc3ccccc3)CC2OCc2ccccc2)c(=O)[nH]1. The summed E-state index contributed by atoms with van der Waals surface area (Å²) in [5.41, 5.74) is 8.51. The van der Waals surface area contributed by atoms with Gasteiger partial charge in [-0.3, -0.25) is 9.78 Å². The number of ether oxygens (including phenoxy) is 2. The Bertz CT molecular complexity index is 1260. The molecule has 1 fully saturated rings. The van der Waals surface area contributed by atoms with Crippen molar-refractivity contribution < 1.29 is 9.47 Å². The molecule has 2 aromatic carbocycles. The third-order valence-corrected chi connectivity index (χ3v) is 6.15. The smallest absolute Gasteiger partial charge is 0.280 e. The van der Waals surface area contributed by atoms with Gasteiger partial charge in [-0.15, -0.1) is 0 Å². The van der Waals surface area contributed by atoms with Crippen molar-refractivity contribution in [3.05, 3.63) is 88.5 Å². The van der Waals surface area contributed by atoms with Crippen LogP contribution in [0.1, 0.15) is 36.4 Å². The van der Waals surface area contributed by atoms with E-state index in [1.165, 1.54) is 0 Å². The maximum Gasteiger partial charge on any atom is 0.280 e. The first-order chi connectivity index (χ1) is 16.2. The Labute approximate surface area is 191 Å². The molecule has 3 N–H and O–H groups in total. The van der Waals surface area contributed by atoms with E-state index in [-0.39, 0.29) is 35.3 Å². The van der Waals surface area contributed by atoms with Crippen molar-refractivity contribution in [1.82, 2.24) is 19.5 Å². The average Bonchev–Trinajstić information content (AvgIpc) is 3.27. The fourth-order valence-electron chi connectivity index (χ4n) is 4.48. The van der Waals surface area contributed by atoms with Gasteiger partial charge in [-0.1, -0.05) is 60.7 Å². The van der Waals surface area contributed by atoms with Crippen molar-refractivity contribution in [2.24, 2.45) is 0 Å². The van der Waals surface area contributed by atoms with Crippen molar-refractivity contribution in [3.8, 4) is 0 Å². The number of aromatic nitrogens is 4. The molecule has 3 unspecified atom stereocenters. The van der Waals surface area contributed by atoms with Crippen molar-refractivity contribution in [2.75, 3.05) is 5.73 Å². The van der Waals surface area contributed by atoms with Crippen LogP contribution in [0, 0.1) is 0 Å². The third kappa shape index (κ3) is 4.81. The first kappa shape index (κ1) is 21.4. The number of aromatic amines is 1. The van der Waals surface area contributed by atoms with E-state index in [1.807, 2.05) is 41.0 Å². The van der Waals surface area contributed by atoms with Crippen molar-refractivity contribution in [1.29, 1.82) is 0 Å². The van der Waals surface area contributed by atoms with Crippen LogP contribution in [0.5, 0.6) is 0 Å². The van der Waals surface area contributed by atoms with Crippen LogP contribution in [0.3, 0.4) is 0 Å². The topological polar surface area (TPSA) is 108 Å². The van der Waals surface area contributed by atoms with Crippen LogP contribution in [0.2, 0.25) is 0 Å². The Morgan fingerprint density at radius 1 is 0.970 bits per heavy atom. The highest BCUT2D eigenvalue weighted by Gasteiger charge is 2.34. The first-order valence-corrected chi connectivity index (χ1v) is 11.2. The molecule has 33 heavy (non-hydrogen) atoms. The van der Waals surface area contributed by atoms with E-state index in [0.717, 1.165) is 30.4 Å². The van der Waals surface area contributed by atoms with Gasteiger partial charge in [0, 0.05) is 6.42 Å². The van der Waals surface area contributed by atoms with Gasteiger partial charge in [0.25, 0.3) is 5.56 Å². The van der Waals surface area contributed by atoms with Gasteiger partial charge in [-0.05, 0) is 24.0 Å². The summed E-state index contributed by atoms with van der Waals surface area (Å²) < 4.78 is 14.6. The van der Waals surface area contributed by atoms with Crippen LogP contribution in [0.15, 0.2) is 71.8 Å². The summed E-state index contributed by atoms with van der Waals surface area (Å²) in [6, 6.07) is 20.3. The van der Waals surface area contributed by atoms with Crippen LogP contribution in [0.25, 0.3) is 11.2 Å². The summed E-state index contributed by atoms with van der Waals surface area (Å²) in [6.07, 6.45) is 4.06. The molecular weight excluding hydrogens is 418 g/mol.